The van der Waals surface area contributed by atoms with E-state index in [9.17, 15) is 18.0 Å². The second kappa shape index (κ2) is 10.5. The number of benzene rings is 2. The number of hydrogen-bond acceptors (Lipinski definition) is 7. The Morgan fingerprint density at radius 2 is 1.84 bits per heavy atom. The number of thioether (sulfide) groups is 1. The molecule has 0 spiro atoms. The fourth-order valence-electron chi connectivity index (χ4n) is 2.84. The fraction of sp³-hybridized carbons (Fsp3) is 0.300. The van der Waals surface area contributed by atoms with Crippen molar-refractivity contribution in [3.8, 4) is 0 Å². The maximum Gasteiger partial charge on any atom is 0.340 e. The van der Waals surface area contributed by atoms with Gasteiger partial charge in [-0.3, -0.25) is 4.79 Å². The standard InChI is InChI=1S/C20H21ClN2O6S2/c1-30-15-4-7-18(21)17(12-15)20(25)29-13-19(24)22-14-2-5-16(6-3-14)31(26,27)23-8-10-28-11-9-23/h2-7,12H,8-11,13H2,1H3,(H,22,24). The molecule has 0 saturated carbocycles. The summed E-state index contributed by atoms with van der Waals surface area (Å²) in [5.74, 6) is -1.27. The van der Waals surface area contributed by atoms with E-state index in [0.29, 0.717) is 32.0 Å². The smallest absolute Gasteiger partial charge is 0.340 e. The van der Waals surface area contributed by atoms with Crippen molar-refractivity contribution >= 4 is 50.9 Å². The predicted molar refractivity (Wildman–Crippen MR) is 118 cm³/mol. The lowest BCUT2D eigenvalue weighted by molar-refractivity contribution is -0.119. The zero-order chi connectivity index (χ0) is 22.4. The average molecular weight is 485 g/mol. The summed E-state index contributed by atoms with van der Waals surface area (Å²) in [6, 6.07) is 10.8. The summed E-state index contributed by atoms with van der Waals surface area (Å²) in [5.41, 5.74) is 0.559. The third-order valence-corrected chi connectivity index (χ3v) is 7.44. The molecule has 11 heteroatoms. The van der Waals surface area contributed by atoms with Crippen LogP contribution in [0.15, 0.2) is 52.3 Å². The normalized spacial score (nSPS) is 14.8. The molecule has 8 nitrogen and oxygen atoms in total. The largest absolute Gasteiger partial charge is 0.452 e. The van der Waals surface area contributed by atoms with Crippen LogP contribution in [-0.4, -0.2) is 63.8 Å². The minimum atomic E-state index is -3.61. The van der Waals surface area contributed by atoms with Gasteiger partial charge < -0.3 is 14.8 Å². The van der Waals surface area contributed by atoms with E-state index < -0.39 is 28.5 Å². The number of anilines is 1. The molecule has 2 aromatic carbocycles. The van der Waals surface area contributed by atoms with Crippen molar-refractivity contribution in [2.24, 2.45) is 0 Å². The highest BCUT2D eigenvalue weighted by Crippen LogP contribution is 2.24. The van der Waals surface area contributed by atoms with Gasteiger partial charge in [0.2, 0.25) is 10.0 Å². The third-order valence-electron chi connectivity index (χ3n) is 4.47. The number of amides is 1. The molecule has 3 rings (SSSR count). The molecule has 0 atom stereocenters. The first-order valence-corrected chi connectivity index (χ1v) is 12.3. The van der Waals surface area contributed by atoms with Gasteiger partial charge in [-0.15, -0.1) is 11.8 Å². The van der Waals surface area contributed by atoms with Gasteiger partial charge in [0.25, 0.3) is 5.91 Å². The van der Waals surface area contributed by atoms with Gasteiger partial charge in [-0.2, -0.15) is 4.31 Å². The Morgan fingerprint density at radius 3 is 2.48 bits per heavy atom. The van der Waals surface area contributed by atoms with Crippen molar-refractivity contribution in [1.82, 2.24) is 4.31 Å². The fourth-order valence-corrected chi connectivity index (χ4v) is 4.88. The van der Waals surface area contributed by atoms with E-state index in [0.717, 1.165) is 4.90 Å². The first-order chi connectivity index (χ1) is 14.8. The van der Waals surface area contributed by atoms with Crippen LogP contribution in [0.5, 0.6) is 0 Å². The van der Waals surface area contributed by atoms with E-state index in [1.54, 1.807) is 18.2 Å². The maximum atomic E-state index is 12.6. The number of carbonyl (C=O) groups is 2. The summed E-state index contributed by atoms with van der Waals surface area (Å²) in [6.45, 7) is 0.816. The molecule has 2 aromatic rings. The van der Waals surface area contributed by atoms with E-state index in [2.05, 4.69) is 5.32 Å². The van der Waals surface area contributed by atoms with Crippen molar-refractivity contribution in [1.29, 1.82) is 0 Å². The molecule has 1 heterocycles. The number of halogens is 1. The van der Waals surface area contributed by atoms with E-state index in [1.165, 1.54) is 40.3 Å². The van der Waals surface area contributed by atoms with Gasteiger partial charge in [-0.05, 0) is 48.7 Å². The number of morpholine rings is 1. The molecule has 0 aromatic heterocycles. The van der Waals surface area contributed by atoms with Crippen molar-refractivity contribution in [2.75, 3.05) is 44.5 Å². The van der Waals surface area contributed by atoms with Crippen LogP contribution in [0.25, 0.3) is 0 Å². The highest BCUT2D eigenvalue weighted by Gasteiger charge is 2.26. The Labute approximate surface area is 189 Å². The van der Waals surface area contributed by atoms with E-state index in [-0.39, 0.29) is 15.5 Å². The van der Waals surface area contributed by atoms with Crippen molar-refractivity contribution in [2.45, 2.75) is 9.79 Å². The minimum Gasteiger partial charge on any atom is -0.452 e. The summed E-state index contributed by atoms with van der Waals surface area (Å²) in [4.78, 5) is 25.3. The quantitative estimate of drug-likeness (QED) is 0.476. The molecule has 166 valence electrons. The Balaban J connectivity index is 1.57. The lowest BCUT2D eigenvalue weighted by atomic mass is 10.2. The van der Waals surface area contributed by atoms with Gasteiger partial charge in [-0.1, -0.05) is 11.6 Å². The van der Waals surface area contributed by atoms with Crippen LogP contribution in [0.4, 0.5) is 5.69 Å². The molecule has 1 saturated heterocycles. The number of nitrogens with zero attached hydrogens (tertiary/aromatic N) is 1. The van der Waals surface area contributed by atoms with Crippen molar-refractivity contribution < 1.29 is 27.5 Å². The summed E-state index contributed by atoms with van der Waals surface area (Å²) in [6.07, 6.45) is 1.86. The number of esters is 1. The molecular weight excluding hydrogens is 464 g/mol. The molecule has 1 amide bonds. The highest BCUT2D eigenvalue weighted by molar-refractivity contribution is 7.98. The summed E-state index contributed by atoms with van der Waals surface area (Å²) in [5, 5.41) is 2.80. The molecule has 1 aliphatic rings. The van der Waals surface area contributed by atoms with Crippen LogP contribution in [0, 0.1) is 0 Å². The van der Waals surface area contributed by atoms with Crippen LogP contribution < -0.4 is 5.32 Å². The number of sulfonamides is 1. The maximum absolute atomic E-state index is 12.6. The van der Waals surface area contributed by atoms with Crippen LogP contribution >= 0.6 is 23.4 Å². The highest BCUT2D eigenvalue weighted by atomic mass is 35.5. The monoisotopic (exact) mass is 484 g/mol. The number of hydrogen-bond donors (Lipinski definition) is 1. The van der Waals surface area contributed by atoms with E-state index >= 15 is 0 Å². The SMILES string of the molecule is CSc1ccc(Cl)c(C(=O)OCC(=O)Nc2ccc(S(=O)(=O)N3CCOCC3)cc2)c1. The van der Waals surface area contributed by atoms with Crippen LogP contribution in [-0.2, 0) is 24.3 Å². The van der Waals surface area contributed by atoms with Crippen LogP contribution in [0.3, 0.4) is 0 Å². The van der Waals surface area contributed by atoms with Gasteiger partial charge in [0.1, 0.15) is 0 Å². The summed E-state index contributed by atoms with van der Waals surface area (Å²) in [7, 11) is -3.61. The molecular formula is C20H21ClN2O6S2. The number of rotatable bonds is 7. The Kier molecular flexibility index (Phi) is 7.95. The van der Waals surface area contributed by atoms with Crippen LogP contribution in [0.2, 0.25) is 5.02 Å². The van der Waals surface area contributed by atoms with Crippen molar-refractivity contribution in [3.05, 3.63) is 53.1 Å². The average Bonchev–Trinajstić information content (AvgIpc) is 2.79. The third kappa shape index (κ3) is 5.98. The Bertz CT molecular complexity index is 1050. The molecule has 1 N–H and O–H groups in total. The molecule has 0 radical (unpaired) electrons. The zero-order valence-corrected chi connectivity index (χ0v) is 19.1. The molecule has 1 fully saturated rings. The number of carbonyl (C=O) groups excluding carboxylic acids is 2. The molecule has 0 aliphatic carbocycles. The first kappa shape index (κ1) is 23.6. The second-order valence-corrected chi connectivity index (χ2v) is 9.74. The van der Waals surface area contributed by atoms with Gasteiger partial charge >= 0.3 is 5.97 Å². The number of ether oxygens (including phenoxy) is 2. The summed E-state index contributed by atoms with van der Waals surface area (Å²) >= 11 is 7.48. The molecule has 1 aliphatic heterocycles. The Hall–Kier alpha value is -2.11. The van der Waals surface area contributed by atoms with Gasteiger partial charge in [0.15, 0.2) is 6.61 Å². The first-order valence-electron chi connectivity index (χ1n) is 9.30. The second-order valence-electron chi connectivity index (χ2n) is 6.51. The predicted octanol–water partition coefficient (Wildman–Crippen LogP) is 2.88. The Morgan fingerprint density at radius 1 is 1.16 bits per heavy atom. The van der Waals surface area contributed by atoms with E-state index in [4.69, 9.17) is 21.1 Å². The van der Waals surface area contributed by atoms with Gasteiger partial charge in [0.05, 0.1) is 28.7 Å². The minimum absolute atomic E-state index is 0.127. The van der Waals surface area contributed by atoms with Gasteiger partial charge in [0, 0.05) is 23.7 Å². The van der Waals surface area contributed by atoms with Crippen molar-refractivity contribution in [3.63, 3.8) is 0 Å². The lowest BCUT2D eigenvalue weighted by Gasteiger charge is -2.26. The van der Waals surface area contributed by atoms with Crippen LogP contribution in [0.1, 0.15) is 10.4 Å². The number of nitrogens with one attached hydrogen (secondary N) is 1. The zero-order valence-electron chi connectivity index (χ0n) is 16.7. The van der Waals surface area contributed by atoms with E-state index in [1.807, 2.05) is 6.26 Å². The van der Waals surface area contributed by atoms with Gasteiger partial charge in [-0.25, -0.2) is 13.2 Å². The summed E-state index contributed by atoms with van der Waals surface area (Å²) < 4.78 is 36.8. The lowest BCUT2D eigenvalue weighted by Crippen LogP contribution is -2.40. The molecule has 0 bridgehead atoms. The molecule has 0 unspecified atom stereocenters. The topological polar surface area (TPSA) is 102 Å². The molecule has 31 heavy (non-hydrogen) atoms.